The van der Waals surface area contributed by atoms with Crippen LogP contribution in [0.1, 0.15) is 26.4 Å². The Morgan fingerprint density at radius 3 is 2.42 bits per heavy atom. The van der Waals surface area contributed by atoms with E-state index in [0.29, 0.717) is 27.7 Å². The van der Waals surface area contributed by atoms with E-state index in [-0.39, 0.29) is 11.8 Å². The monoisotopic (exact) mass is 368 g/mol. The Labute approximate surface area is 155 Å². The van der Waals surface area contributed by atoms with Gasteiger partial charge in [0.25, 0.3) is 11.8 Å². The van der Waals surface area contributed by atoms with Gasteiger partial charge in [0.1, 0.15) is 5.69 Å². The van der Waals surface area contributed by atoms with Crippen LogP contribution in [-0.4, -0.2) is 21.4 Å². The molecule has 0 radical (unpaired) electrons. The zero-order chi connectivity index (χ0) is 18.7. The van der Waals surface area contributed by atoms with Gasteiger partial charge in [-0.05, 0) is 48.9 Å². The van der Waals surface area contributed by atoms with E-state index in [1.54, 1.807) is 54.3 Å². The van der Waals surface area contributed by atoms with Gasteiger partial charge in [0.2, 0.25) is 0 Å². The van der Waals surface area contributed by atoms with Gasteiger partial charge in [0.15, 0.2) is 0 Å². The molecule has 0 saturated heterocycles. The topological polar surface area (TPSA) is 76.0 Å². The number of benzene rings is 2. The van der Waals surface area contributed by atoms with Crippen LogP contribution in [0.5, 0.6) is 0 Å². The van der Waals surface area contributed by atoms with Crippen molar-refractivity contribution >= 4 is 34.8 Å². The molecule has 1 aromatic heterocycles. The Kier molecular flexibility index (Phi) is 5.04. The molecule has 2 amide bonds. The molecule has 0 spiro atoms. The van der Waals surface area contributed by atoms with Crippen LogP contribution in [0.3, 0.4) is 0 Å². The van der Waals surface area contributed by atoms with Crippen LogP contribution < -0.4 is 10.6 Å². The lowest BCUT2D eigenvalue weighted by Gasteiger charge is -2.12. The highest BCUT2D eigenvalue weighted by atomic mass is 35.5. The standard InChI is InChI=1S/C19H17ClN4O2/c1-12-3-8-15(22-18(25)13-4-6-14(20)7-5-13)9-16(12)23-19(26)17-10-21-11-24(17)2/h3-11H,1-2H3,(H,22,25)(H,23,26). The molecule has 0 saturated carbocycles. The molecule has 0 atom stereocenters. The van der Waals surface area contributed by atoms with Crippen molar-refractivity contribution in [1.82, 2.24) is 9.55 Å². The molecule has 0 aliphatic carbocycles. The van der Waals surface area contributed by atoms with Crippen molar-refractivity contribution < 1.29 is 9.59 Å². The molecule has 1 heterocycles. The van der Waals surface area contributed by atoms with Gasteiger partial charge < -0.3 is 15.2 Å². The lowest BCUT2D eigenvalue weighted by Crippen LogP contribution is -2.17. The molecule has 3 rings (SSSR count). The van der Waals surface area contributed by atoms with Gasteiger partial charge in [0, 0.05) is 29.0 Å². The Balaban J connectivity index is 1.77. The van der Waals surface area contributed by atoms with Crippen LogP contribution >= 0.6 is 11.6 Å². The van der Waals surface area contributed by atoms with Crippen molar-refractivity contribution in [3.63, 3.8) is 0 Å². The third-order valence-electron chi connectivity index (χ3n) is 3.90. The molecule has 0 bridgehead atoms. The van der Waals surface area contributed by atoms with Gasteiger partial charge in [-0.15, -0.1) is 0 Å². The fraction of sp³-hybridized carbons (Fsp3) is 0.105. The first-order valence-corrected chi connectivity index (χ1v) is 8.27. The number of carbonyl (C=O) groups is 2. The number of anilines is 2. The van der Waals surface area contributed by atoms with E-state index in [1.807, 2.05) is 13.0 Å². The van der Waals surface area contributed by atoms with Gasteiger partial charge in [0.05, 0.1) is 12.5 Å². The largest absolute Gasteiger partial charge is 0.330 e. The van der Waals surface area contributed by atoms with Gasteiger partial charge in [-0.2, -0.15) is 0 Å². The number of hydrogen-bond donors (Lipinski definition) is 2. The minimum atomic E-state index is -0.269. The fourth-order valence-electron chi connectivity index (χ4n) is 2.40. The number of carbonyl (C=O) groups excluding carboxylic acids is 2. The van der Waals surface area contributed by atoms with Gasteiger partial charge in [-0.3, -0.25) is 9.59 Å². The van der Waals surface area contributed by atoms with Gasteiger partial charge in [-0.25, -0.2) is 4.98 Å². The number of halogens is 1. The summed E-state index contributed by atoms with van der Waals surface area (Å²) in [5, 5.41) is 6.23. The smallest absolute Gasteiger partial charge is 0.273 e. The first-order valence-electron chi connectivity index (χ1n) is 7.89. The zero-order valence-electron chi connectivity index (χ0n) is 14.3. The second kappa shape index (κ2) is 7.41. The first kappa shape index (κ1) is 17.7. The molecule has 3 aromatic rings. The van der Waals surface area contributed by atoms with Crippen LogP contribution in [-0.2, 0) is 7.05 Å². The highest BCUT2D eigenvalue weighted by molar-refractivity contribution is 6.30. The maximum atomic E-state index is 12.4. The minimum absolute atomic E-state index is 0.255. The van der Waals surface area contributed by atoms with E-state index in [2.05, 4.69) is 15.6 Å². The van der Waals surface area contributed by atoms with Crippen molar-refractivity contribution in [3.05, 3.63) is 76.8 Å². The number of nitrogens with one attached hydrogen (secondary N) is 2. The maximum Gasteiger partial charge on any atom is 0.273 e. The Bertz CT molecular complexity index is 964. The summed E-state index contributed by atoms with van der Waals surface area (Å²) in [7, 11) is 1.75. The summed E-state index contributed by atoms with van der Waals surface area (Å²) in [6.07, 6.45) is 3.06. The first-order chi connectivity index (χ1) is 12.4. The van der Waals surface area contributed by atoms with Crippen molar-refractivity contribution in [2.24, 2.45) is 7.05 Å². The lowest BCUT2D eigenvalue weighted by atomic mass is 10.1. The molecule has 0 unspecified atom stereocenters. The summed E-state index contributed by atoms with van der Waals surface area (Å²) < 4.78 is 1.64. The summed E-state index contributed by atoms with van der Waals surface area (Å²) in [6, 6.07) is 11.9. The van der Waals surface area contributed by atoms with E-state index >= 15 is 0 Å². The van der Waals surface area contributed by atoms with Crippen LogP contribution in [0.2, 0.25) is 5.02 Å². The van der Waals surface area contributed by atoms with Crippen LogP contribution in [0.25, 0.3) is 0 Å². The molecule has 0 aliphatic rings. The van der Waals surface area contributed by atoms with E-state index in [0.717, 1.165) is 5.56 Å². The zero-order valence-corrected chi connectivity index (χ0v) is 15.0. The Morgan fingerprint density at radius 1 is 1.04 bits per heavy atom. The quantitative estimate of drug-likeness (QED) is 0.733. The highest BCUT2D eigenvalue weighted by Gasteiger charge is 2.12. The number of aryl methyl sites for hydroxylation is 2. The summed E-state index contributed by atoms with van der Waals surface area (Å²) in [5.74, 6) is -0.524. The molecule has 2 N–H and O–H groups in total. The highest BCUT2D eigenvalue weighted by Crippen LogP contribution is 2.22. The predicted octanol–water partition coefficient (Wildman–Crippen LogP) is 3.89. The predicted molar refractivity (Wildman–Crippen MR) is 102 cm³/mol. The lowest BCUT2D eigenvalue weighted by molar-refractivity contribution is 0.101. The van der Waals surface area contributed by atoms with Crippen LogP contribution in [0.4, 0.5) is 11.4 Å². The second-order valence-corrected chi connectivity index (χ2v) is 6.27. The van der Waals surface area contributed by atoms with Crippen molar-refractivity contribution in [2.45, 2.75) is 6.92 Å². The second-order valence-electron chi connectivity index (χ2n) is 5.83. The number of nitrogens with zero attached hydrogens (tertiary/aromatic N) is 2. The van der Waals surface area contributed by atoms with E-state index < -0.39 is 0 Å². The molecule has 132 valence electrons. The van der Waals surface area contributed by atoms with Crippen LogP contribution in [0.15, 0.2) is 55.0 Å². The molecular formula is C19H17ClN4O2. The molecule has 7 heteroatoms. The van der Waals surface area contributed by atoms with Crippen molar-refractivity contribution in [2.75, 3.05) is 10.6 Å². The Hall–Kier alpha value is -3.12. The third kappa shape index (κ3) is 3.92. The van der Waals surface area contributed by atoms with Gasteiger partial charge >= 0.3 is 0 Å². The SMILES string of the molecule is Cc1ccc(NC(=O)c2ccc(Cl)cc2)cc1NC(=O)c1cncn1C. The summed E-state index contributed by atoms with van der Waals surface area (Å²) >= 11 is 5.84. The molecule has 0 aliphatic heterocycles. The molecular weight excluding hydrogens is 352 g/mol. The fourth-order valence-corrected chi connectivity index (χ4v) is 2.53. The molecule has 0 fully saturated rings. The Morgan fingerprint density at radius 2 is 1.77 bits per heavy atom. The molecule has 2 aromatic carbocycles. The third-order valence-corrected chi connectivity index (χ3v) is 4.15. The summed E-state index contributed by atoms with van der Waals surface area (Å²) in [5.41, 5.74) is 3.02. The summed E-state index contributed by atoms with van der Waals surface area (Å²) in [4.78, 5) is 28.6. The molecule has 6 nitrogen and oxygen atoms in total. The number of rotatable bonds is 4. The van der Waals surface area contributed by atoms with Gasteiger partial charge in [-0.1, -0.05) is 17.7 Å². The normalized spacial score (nSPS) is 10.4. The maximum absolute atomic E-state index is 12.4. The number of imidazole rings is 1. The van der Waals surface area contributed by atoms with Crippen molar-refractivity contribution in [3.8, 4) is 0 Å². The van der Waals surface area contributed by atoms with E-state index in [1.165, 1.54) is 6.20 Å². The summed E-state index contributed by atoms with van der Waals surface area (Å²) in [6.45, 7) is 1.88. The number of amides is 2. The molecule has 26 heavy (non-hydrogen) atoms. The van der Waals surface area contributed by atoms with E-state index in [9.17, 15) is 9.59 Å². The average Bonchev–Trinajstić information content (AvgIpc) is 3.04. The number of aromatic nitrogens is 2. The minimum Gasteiger partial charge on any atom is -0.330 e. The van der Waals surface area contributed by atoms with Crippen LogP contribution in [0, 0.1) is 6.92 Å². The van der Waals surface area contributed by atoms with Crippen molar-refractivity contribution in [1.29, 1.82) is 0 Å². The average molecular weight is 369 g/mol. The van der Waals surface area contributed by atoms with E-state index in [4.69, 9.17) is 11.6 Å². The number of hydrogen-bond acceptors (Lipinski definition) is 3.